The van der Waals surface area contributed by atoms with Crippen LogP contribution in [-0.4, -0.2) is 48.3 Å². The van der Waals surface area contributed by atoms with E-state index in [2.05, 4.69) is 44.2 Å². The standard InChI is InChI=1S/C32H30F3N7O2S2/c1-19(2)25-15-6-20(3)16-26(25)42-28(43)31(4,5)46-30(42)38-29(45)39-37-17-21-7-9-22(10-8-21)27-36-18-41(40-27)23-11-13-24(14-12-23)44-32(33,34)35/h6-19H,1-5H3,(H,39,45)/b37-17+,38-30-. The largest absolute Gasteiger partial charge is 0.573 e. The van der Waals surface area contributed by atoms with Crippen LogP contribution in [0.1, 0.15) is 50.3 Å². The van der Waals surface area contributed by atoms with Gasteiger partial charge in [0.05, 0.1) is 22.3 Å². The van der Waals surface area contributed by atoms with E-state index in [1.165, 1.54) is 47.0 Å². The lowest BCUT2D eigenvalue weighted by molar-refractivity contribution is -0.274. The Morgan fingerprint density at radius 1 is 1.09 bits per heavy atom. The molecule has 1 fully saturated rings. The molecule has 0 bridgehead atoms. The molecule has 1 saturated heterocycles. The zero-order chi connectivity index (χ0) is 33.2. The van der Waals surface area contributed by atoms with E-state index in [1.54, 1.807) is 11.1 Å². The van der Waals surface area contributed by atoms with Gasteiger partial charge in [-0.15, -0.1) is 18.3 Å². The van der Waals surface area contributed by atoms with Gasteiger partial charge >= 0.3 is 6.36 Å². The number of nitrogens with zero attached hydrogens (tertiary/aromatic N) is 6. The Labute approximate surface area is 273 Å². The van der Waals surface area contributed by atoms with Crippen LogP contribution >= 0.6 is 24.0 Å². The normalized spacial score (nSPS) is 15.7. The molecular formula is C32H30F3N7O2S2. The number of hydrazone groups is 1. The van der Waals surface area contributed by atoms with E-state index >= 15 is 0 Å². The summed E-state index contributed by atoms with van der Waals surface area (Å²) in [6.07, 6.45) is -1.71. The number of thiocarbonyl (C=S) groups is 1. The van der Waals surface area contributed by atoms with Gasteiger partial charge < -0.3 is 4.74 Å². The number of anilines is 1. The number of carbonyl (C=O) groups is 1. The summed E-state index contributed by atoms with van der Waals surface area (Å²) in [6.45, 7) is 9.90. The fraction of sp³-hybridized carbons (Fsp3) is 0.250. The van der Waals surface area contributed by atoms with Gasteiger partial charge in [-0.3, -0.25) is 15.1 Å². The zero-order valence-corrected chi connectivity index (χ0v) is 27.2. The number of ether oxygens (including phenoxy) is 1. The molecular weight excluding hydrogens is 636 g/mol. The van der Waals surface area contributed by atoms with E-state index in [0.29, 0.717) is 16.7 Å². The molecule has 3 aromatic carbocycles. The maximum Gasteiger partial charge on any atom is 0.573 e. The van der Waals surface area contributed by atoms with Crippen LogP contribution in [0.3, 0.4) is 0 Å². The smallest absolute Gasteiger partial charge is 0.406 e. The van der Waals surface area contributed by atoms with Crippen molar-refractivity contribution >= 4 is 52.1 Å². The molecule has 14 heteroatoms. The highest BCUT2D eigenvalue weighted by atomic mass is 32.2. The number of benzene rings is 3. The van der Waals surface area contributed by atoms with Crippen molar-refractivity contribution in [2.24, 2.45) is 10.1 Å². The number of alkyl halides is 3. The van der Waals surface area contributed by atoms with Crippen LogP contribution in [0.5, 0.6) is 5.75 Å². The fourth-order valence-corrected chi connectivity index (χ4v) is 5.85. The number of hydrogen-bond acceptors (Lipinski definition) is 7. The monoisotopic (exact) mass is 665 g/mol. The Hall–Kier alpha value is -4.56. The van der Waals surface area contributed by atoms with Crippen LogP contribution in [0.15, 0.2) is 83.2 Å². The number of halogens is 3. The summed E-state index contributed by atoms with van der Waals surface area (Å²) >= 11 is 6.80. The number of aromatic nitrogens is 3. The summed E-state index contributed by atoms with van der Waals surface area (Å²) in [4.78, 5) is 24.0. The van der Waals surface area contributed by atoms with Crippen molar-refractivity contribution in [2.45, 2.75) is 51.6 Å². The first-order valence-electron chi connectivity index (χ1n) is 14.1. The van der Waals surface area contributed by atoms with Crippen LogP contribution in [0.2, 0.25) is 0 Å². The lowest BCUT2D eigenvalue weighted by Crippen LogP contribution is -2.37. The molecule has 4 aromatic rings. The summed E-state index contributed by atoms with van der Waals surface area (Å²) in [6, 6.07) is 18.7. The first kappa shape index (κ1) is 32.8. The summed E-state index contributed by atoms with van der Waals surface area (Å²) in [7, 11) is 0. The molecule has 1 N–H and O–H groups in total. The van der Waals surface area contributed by atoms with Crippen molar-refractivity contribution in [3.05, 3.63) is 89.7 Å². The van der Waals surface area contributed by atoms with Gasteiger partial charge in [0.2, 0.25) is 11.0 Å². The predicted octanol–water partition coefficient (Wildman–Crippen LogP) is 7.39. The summed E-state index contributed by atoms with van der Waals surface area (Å²) in [5.74, 6) is 0.244. The molecule has 238 valence electrons. The average Bonchev–Trinajstić information content (AvgIpc) is 3.55. The van der Waals surface area contributed by atoms with Crippen molar-refractivity contribution in [1.82, 2.24) is 20.2 Å². The SMILES string of the molecule is Cc1ccc(C(C)C)c(N2C(=O)C(C)(C)S/C2=N\C(=S)N/N=C/c2ccc(-c3ncn(-c4ccc(OC(F)(F)F)cc4)n3)cc2)c1. The van der Waals surface area contributed by atoms with Crippen molar-refractivity contribution in [3.8, 4) is 22.8 Å². The number of rotatable bonds is 7. The van der Waals surface area contributed by atoms with Gasteiger partial charge in [-0.25, -0.2) is 9.67 Å². The minimum Gasteiger partial charge on any atom is -0.406 e. The molecule has 5 rings (SSSR count). The minimum absolute atomic E-state index is 0.0668. The van der Waals surface area contributed by atoms with E-state index in [0.717, 1.165) is 27.9 Å². The second-order valence-electron chi connectivity index (χ2n) is 11.2. The third-order valence-corrected chi connectivity index (χ3v) is 8.20. The topological polar surface area (TPSA) is 97.0 Å². The van der Waals surface area contributed by atoms with E-state index in [4.69, 9.17) is 12.2 Å². The van der Waals surface area contributed by atoms with Crippen LogP contribution in [0, 0.1) is 6.92 Å². The van der Waals surface area contributed by atoms with Gasteiger partial charge in [0.15, 0.2) is 11.0 Å². The van der Waals surface area contributed by atoms with Gasteiger partial charge in [-0.2, -0.15) is 10.1 Å². The zero-order valence-electron chi connectivity index (χ0n) is 25.5. The number of nitrogens with one attached hydrogen (secondary N) is 1. The van der Waals surface area contributed by atoms with E-state index in [1.807, 2.05) is 63.2 Å². The highest BCUT2D eigenvalue weighted by molar-refractivity contribution is 8.16. The van der Waals surface area contributed by atoms with Crippen molar-refractivity contribution < 1.29 is 22.7 Å². The molecule has 2 heterocycles. The lowest BCUT2D eigenvalue weighted by atomic mass is 9.98. The summed E-state index contributed by atoms with van der Waals surface area (Å²) < 4.78 is 41.9. The van der Waals surface area contributed by atoms with Crippen molar-refractivity contribution in [1.29, 1.82) is 0 Å². The minimum atomic E-state index is -4.76. The molecule has 1 amide bonds. The van der Waals surface area contributed by atoms with Gasteiger partial charge in [0.25, 0.3) is 0 Å². The maximum atomic E-state index is 13.4. The van der Waals surface area contributed by atoms with Crippen LogP contribution in [0.4, 0.5) is 18.9 Å². The van der Waals surface area contributed by atoms with Crippen LogP contribution in [-0.2, 0) is 4.79 Å². The molecule has 9 nitrogen and oxygen atoms in total. The Kier molecular flexibility index (Phi) is 9.31. The second-order valence-corrected chi connectivity index (χ2v) is 13.2. The van der Waals surface area contributed by atoms with Crippen molar-refractivity contribution in [3.63, 3.8) is 0 Å². The highest BCUT2D eigenvalue weighted by Gasteiger charge is 2.46. The summed E-state index contributed by atoms with van der Waals surface area (Å²) in [5, 5.41) is 9.23. The number of aliphatic imine (C=N–C) groups is 1. The lowest BCUT2D eigenvalue weighted by Gasteiger charge is -2.23. The average molecular weight is 666 g/mol. The number of thioether (sulfide) groups is 1. The number of hydrogen-bond donors (Lipinski definition) is 1. The first-order valence-corrected chi connectivity index (χ1v) is 15.4. The van der Waals surface area contributed by atoms with E-state index in [-0.39, 0.29) is 22.7 Å². The quantitative estimate of drug-likeness (QED) is 0.125. The number of aryl methyl sites for hydroxylation is 1. The molecule has 1 aromatic heterocycles. The first-order chi connectivity index (χ1) is 21.7. The number of amidine groups is 1. The van der Waals surface area contributed by atoms with Crippen LogP contribution in [0.25, 0.3) is 17.1 Å². The molecule has 0 saturated carbocycles. The second kappa shape index (κ2) is 13.0. The van der Waals surface area contributed by atoms with Gasteiger partial charge in [-0.05, 0) is 85.9 Å². The summed E-state index contributed by atoms with van der Waals surface area (Å²) in [5.41, 5.74) is 7.66. The van der Waals surface area contributed by atoms with Gasteiger partial charge in [-0.1, -0.05) is 62.0 Å². The van der Waals surface area contributed by atoms with E-state index < -0.39 is 11.1 Å². The Bertz CT molecular complexity index is 1820. The van der Waals surface area contributed by atoms with Crippen LogP contribution < -0.4 is 15.1 Å². The molecule has 0 radical (unpaired) electrons. The molecule has 0 atom stereocenters. The Morgan fingerprint density at radius 2 is 1.78 bits per heavy atom. The number of carbonyl (C=O) groups excluding carboxylic acids is 1. The third-order valence-electron chi connectivity index (χ3n) is 6.87. The number of amides is 1. The molecule has 46 heavy (non-hydrogen) atoms. The van der Waals surface area contributed by atoms with Gasteiger partial charge in [0, 0.05) is 5.56 Å². The molecule has 1 aliphatic rings. The Morgan fingerprint density at radius 3 is 2.43 bits per heavy atom. The maximum absolute atomic E-state index is 13.4. The molecule has 0 aliphatic carbocycles. The molecule has 0 spiro atoms. The van der Waals surface area contributed by atoms with Gasteiger partial charge in [0.1, 0.15) is 12.1 Å². The molecule has 0 unspecified atom stereocenters. The Balaban J connectivity index is 1.25. The fourth-order valence-electron chi connectivity index (χ4n) is 4.61. The predicted molar refractivity (Wildman–Crippen MR) is 179 cm³/mol. The van der Waals surface area contributed by atoms with E-state index in [9.17, 15) is 18.0 Å². The molecule has 1 aliphatic heterocycles. The highest BCUT2D eigenvalue weighted by Crippen LogP contribution is 2.42. The third kappa shape index (κ3) is 7.62. The van der Waals surface area contributed by atoms with Crippen molar-refractivity contribution in [2.75, 3.05) is 4.90 Å².